The van der Waals surface area contributed by atoms with E-state index in [1.54, 1.807) is 24.3 Å². The van der Waals surface area contributed by atoms with E-state index in [4.69, 9.17) is 4.74 Å². The molecule has 3 aromatic rings. The van der Waals surface area contributed by atoms with E-state index in [0.29, 0.717) is 18.0 Å². The minimum atomic E-state index is -0.863. The Bertz CT molecular complexity index is 993. The van der Waals surface area contributed by atoms with Gasteiger partial charge in [0.15, 0.2) is 0 Å². The van der Waals surface area contributed by atoms with Gasteiger partial charge in [0.1, 0.15) is 5.75 Å². The predicted molar refractivity (Wildman–Crippen MR) is 106 cm³/mol. The highest BCUT2D eigenvalue weighted by Gasteiger charge is 2.15. The Morgan fingerprint density at radius 2 is 1.70 bits per heavy atom. The van der Waals surface area contributed by atoms with E-state index in [0.717, 1.165) is 16.3 Å². The molecular weight excluding hydrogens is 342 g/mol. The van der Waals surface area contributed by atoms with Crippen LogP contribution in [0.15, 0.2) is 71.8 Å². The Hall–Kier alpha value is -3.67. The molecule has 0 aromatic heterocycles. The van der Waals surface area contributed by atoms with Crippen LogP contribution in [0.2, 0.25) is 0 Å². The number of rotatable bonds is 5. The van der Waals surface area contributed by atoms with E-state index >= 15 is 0 Å². The average Bonchev–Trinajstić information content (AvgIpc) is 2.69. The van der Waals surface area contributed by atoms with Crippen molar-refractivity contribution in [3.05, 3.63) is 72.3 Å². The van der Waals surface area contributed by atoms with Crippen molar-refractivity contribution < 1.29 is 14.3 Å². The third-order valence-electron chi connectivity index (χ3n) is 3.83. The first kappa shape index (κ1) is 18.1. The van der Waals surface area contributed by atoms with Gasteiger partial charge in [-0.15, -0.1) is 0 Å². The van der Waals surface area contributed by atoms with E-state index < -0.39 is 11.8 Å². The smallest absolute Gasteiger partial charge is 0.329 e. The molecule has 6 nitrogen and oxygen atoms in total. The monoisotopic (exact) mass is 361 g/mol. The topological polar surface area (TPSA) is 79.8 Å². The lowest BCUT2D eigenvalue weighted by Gasteiger charge is -2.10. The molecule has 3 aromatic carbocycles. The number of carbonyl (C=O) groups is 2. The lowest BCUT2D eigenvalue weighted by atomic mass is 10.1. The van der Waals surface area contributed by atoms with Gasteiger partial charge >= 0.3 is 11.8 Å². The molecule has 0 spiro atoms. The highest BCUT2D eigenvalue weighted by atomic mass is 16.5. The maximum atomic E-state index is 12.1. The van der Waals surface area contributed by atoms with Gasteiger partial charge in [-0.3, -0.25) is 9.59 Å². The van der Waals surface area contributed by atoms with Crippen molar-refractivity contribution in [3.63, 3.8) is 0 Å². The van der Waals surface area contributed by atoms with Crippen LogP contribution in [0, 0.1) is 0 Å². The first-order chi connectivity index (χ1) is 13.2. The second kappa shape index (κ2) is 8.62. The number of hydrazone groups is 1. The molecular formula is C21H19N3O3. The summed E-state index contributed by atoms with van der Waals surface area (Å²) < 4.78 is 5.42. The predicted octanol–water partition coefficient (Wildman–Crippen LogP) is 3.33. The fourth-order valence-corrected chi connectivity index (χ4v) is 2.60. The van der Waals surface area contributed by atoms with Crippen molar-refractivity contribution in [2.75, 3.05) is 11.9 Å². The number of carbonyl (C=O) groups excluding carboxylic acids is 2. The highest BCUT2D eigenvalue weighted by Crippen LogP contribution is 2.23. The van der Waals surface area contributed by atoms with Crippen molar-refractivity contribution in [3.8, 4) is 5.75 Å². The van der Waals surface area contributed by atoms with Crippen LogP contribution in [-0.4, -0.2) is 24.6 Å². The summed E-state index contributed by atoms with van der Waals surface area (Å²) in [7, 11) is 0. The van der Waals surface area contributed by atoms with Crippen LogP contribution in [0.5, 0.6) is 5.75 Å². The Morgan fingerprint density at radius 3 is 2.56 bits per heavy atom. The van der Waals surface area contributed by atoms with Crippen molar-refractivity contribution in [1.29, 1.82) is 0 Å². The lowest BCUT2D eigenvalue weighted by Crippen LogP contribution is -2.32. The van der Waals surface area contributed by atoms with Gasteiger partial charge in [0.25, 0.3) is 0 Å². The van der Waals surface area contributed by atoms with Crippen molar-refractivity contribution in [1.82, 2.24) is 5.43 Å². The van der Waals surface area contributed by atoms with E-state index in [-0.39, 0.29) is 0 Å². The van der Waals surface area contributed by atoms with Crippen LogP contribution in [-0.2, 0) is 9.59 Å². The normalized spacial score (nSPS) is 10.7. The standard InChI is InChI=1S/C21H19N3O3/c1-2-27-19-13-6-5-12-18(19)23-20(25)21(26)24-22-14-16-10-7-9-15-8-3-4-11-17(15)16/h3-14H,2H2,1H3,(H,23,25)(H,24,26)/b22-14-. The number of nitrogens with zero attached hydrogens (tertiary/aromatic N) is 1. The molecule has 2 N–H and O–H groups in total. The highest BCUT2D eigenvalue weighted by molar-refractivity contribution is 6.39. The first-order valence-electron chi connectivity index (χ1n) is 8.53. The summed E-state index contributed by atoms with van der Waals surface area (Å²) in [6.45, 7) is 2.29. The van der Waals surface area contributed by atoms with Crippen LogP contribution in [0.3, 0.4) is 0 Å². The van der Waals surface area contributed by atoms with Crippen molar-refractivity contribution >= 4 is 34.5 Å². The van der Waals surface area contributed by atoms with Crippen LogP contribution in [0.1, 0.15) is 12.5 Å². The number of benzene rings is 3. The Kier molecular flexibility index (Phi) is 5.79. The Balaban J connectivity index is 1.65. The van der Waals surface area contributed by atoms with Gasteiger partial charge in [-0.25, -0.2) is 5.43 Å². The summed E-state index contributed by atoms with van der Waals surface area (Å²) >= 11 is 0. The zero-order chi connectivity index (χ0) is 19.1. The molecule has 6 heteroatoms. The lowest BCUT2D eigenvalue weighted by molar-refractivity contribution is -0.136. The number of hydrogen-bond acceptors (Lipinski definition) is 4. The van der Waals surface area contributed by atoms with Gasteiger partial charge in [0, 0.05) is 5.56 Å². The minimum absolute atomic E-state index is 0.428. The average molecular weight is 361 g/mol. The number of para-hydroxylation sites is 2. The number of ether oxygens (including phenoxy) is 1. The summed E-state index contributed by atoms with van der Waals surface area (Å²) in [5.41, 5.74) is 3.52. The van der Waals surface area contributed by atoms with Crippen molar-refractivity contribution in [2.24, 2.45) is 5.10 Å². The number of anilines is 1. The fraction of sp³-hybridized carbons (Fsp3) is 0.0952. The molecule has 0 aliphatic rings. The number of fused-ring (bicyclic) bond motifs is 1. The number of nitrogens with one attached hydrogen (secondary N) is 2. The quantitative estimate of drug-likeness (QED) is 0.416. The minimum Gasteiger partial charge on any atom is -0.492 e. The largest absolute Gasteiger partial charge is 0.492 e. The fourth-order valence-electron chi connectivity index (χ4n) is 2.60. The summed E-state index contributed by atoms with van der Waals surface area (Å²) in [5.74, 6) is -1.18. The second-order valence-electron chi connectivity index (χ2n) is 5.65. The SMILES string of the molecule is CCOc1ccccc1NC(=O)C(=O)N/N=C\c1cccc2ccccc12. The van der Waals surface area contributed by atoms with Gasteiger partial charge in [-0.2, -0.15) is 5.10 Å². The molecule has 0 saturated heterocycles. The second-order valence-corrected chi connectivity index (χ2v) is 5.65. The first-order valence-corrected chi connectivity index (χ1v) is 8.53. The molecule has 2 amide bonds. The molecule has 0 fully saturated rings. The van der Waals surface area contributed by atoms with Crippen LogP contribution in [0.4, 0.5) is 5.69 Å². The van der Waals surface area contributed by atoms with Crippen LogP contribution < -0.4 is 15.5 Å². The zero-order valence-electron chi connectivity index (χ0n) is 14.8. The number of amides is 2. The molecule has 0 aliphatic carbocycles. The molecule has 0 saturated carbocycles. The van der Waals surface area contributed by atoms with E-state index in [1.165, 1.54) is 6.21 Å². The molecule has 0 aliphatic heterocycles. The molecule has 136 valence electrons. The third-order valence-corrected chi connectivity index (χ3v) is 3.83. The van der Waals surface area contributed by atoms with Gasteiger partial charge in [0.2, 0.25) is 0 Å². The molecule has 0 bridgehead atoms. The van der Waals surface area contributed by atoms with Gasteiger partial charge in [0.05, 0.1) is 18.5 Å². The molecule has 0 atom stereocenters. The van der Waals surface area contributed by atoms with Crippen LogP contribution in [0.25, 0.3) is 10.8 Å². The summed E-state index contributed by atoms with van der Waals surface area (Å²) in [4.78, 5) is 24.1. The molecule has 0 heterocycles. The molecule has 27 heavy (non-hydrogen) atoms. The molecule has 0 unspecified atom stereocenters. The van der Waals surface area contributed by atoms with Crippen LogP contribution >= 0.6 is 0 Å². The van der Waals surface area contributed by atoms with Crippen molar-refractivity contribution in [2.45, 2.75) is 6.92 Å². The Morgan fingerprint density at radius 1 is 0.963 bits per heavy atom. The van der Waals surface area contributed by atoms with E-state index in [9.17, 15) is 9.59 Å². The number of hydrogen-bond donors (Lipinski definition) is 2. The third kappa shape index (κ3) is 4.49. The molecule has 3 rings (SSSR count). The van der Waals surface area contributed by atoms with Gasteiger partial charge < -0.3 is 10.1 Å². The molecule has 0 radical (unpaired) electrons. The Labute approximate surface area is 156 Å². The van der Waals surface area contributed by atoms with E-state index in [1.807, 2.05) is 49.4 Å². The van der Waals surface area contributed by atoms with Gasteiger partial charge in [-0.05, 0) is 29.8 Å². The maximum Gasteiger partial charge on any atom is 0.329 e. The van der Waals surface area contributed by atoms with Gasteiger partial charge in [-0.1, -0.05) is 54.6 Å². The summed E-state index contributed by atoms with van der Waals surface area (Å²) in [5, 5.41) is 8.50. The summed E-state index contributed by atoms with van der Waals surface area (Å²) in [6, 6.07) is 20.5. The zero-order valence-corrected chi connectivity index (χ0v) is 14.8. The van der Waals surface area contributed by atoms with E-state index in [2.05, 4.69) is 15.8 Å². The summed E-state index contributed by atoms with van der Waals surface area (Å²) in [6.07, 6.45) is 1.52. The maximum absolute atomic E-state index is 12.1.